The molecule has 20 heavy (non-hydrogen) atoms. The van der Waals surface area contributed by atoms with Gasteiger partial charge in [0.15, 0.2) is 0 Å². The molecule has 0 saturated carbocycles. The Morgan fingerprint density at radius 3 is 2.50 bits per heavy atom. The van der Waals surface area contributed by atoms with Gasteiger partial charge < -0.3 is 15.2 Å². The molecule has 0 radical (unpaired) electrons. The summed E-state index contributed by atoms with van der Waals surface area (Å²) in [4.78, 5) is 25.1. The third-order valence-corrected chi connectivity index (χ3v) is 3.52. The molecule has 112 valence electrons. The Balaban J connectivity index is 2.52. The molecule has 0 aliphatic heterocycles. The Bertz CT molecular complexity index is 476. The predicted molar refractivity (Wildman–Crippen MR) is 78.2 cm³/mol. The normalized spacial score (nSPS) is 12.8. The fourth-order valence-corrected chi connectivity index (χ4v) is 2.52. The van der Waals surface area contributed by atoms with Crippen molar-refractivity contribution in [2.24, 2.45) is 0 Å². The lowest BCUT2D eigenvalue weighted by Crippen LogP contribution is -2.43. The van der Waals surface area contributed by atoms with Crippen molar-refractivity contribution in [1.29, 1.82) is 0 Å². The van der Waals surface area contributed by atoms with Crippen molar-refractivity contribution in [3.05, 3.63) is 21.9 Å². The van der Waals surface area contributed by atoms with Gasteiger partial charge in [-0.15, -0.1) is 11.3 Å². The first kappa shape index (κ1) is 16.5. The maximum atomic E-state index is 11.6. The van der Waals surface area contributed by atoms with Crippen LogP contribution in [0.1, 0.15) is 36.9 Å². The summed E-state index contributed by atoms with van der Waals surface area (Å²) in [6, 6.07) is 3.04. The number of nitrogens with one attached hydrogen (secondary N) is 1. The molecule has 0 aliphatic rings. The van der Waals surface area contributed by atoms with Crippen molar-refractivity contribution < 1.29 is 19.4 Å². The molecule has 1 aromatic rings. The fourth-order valence-electron chi connectivity index (χ4n) is 1.61. The molecule has 2 N–H and O–H groups in total. The van der Waals surface area contributed by atoms with Crippen molar-refractivity contribution in [2.45, 2.75) is 52.2 Å². The molecule has 6 heteroatoms. The Hall–Kier alpha value is -1.56. The van der Waals surface area contributed by atoms with Gasteiger partial charge in [0, 0.05) is 9.75 Å². The predicted octanol–water partition coefficient (Wildman–Crippen LogP) is 2.97. The fraction of sp³-hybridized carbons (Fsp3) is 0.571. The lowest BCUT2D eigenvalue weighted by atomic mass is 10.1. The molecule has 1 amide bonds. The first-order valence-corrected chi connectivity index (χ1v) is 7.26. The SMILES string of the molecule is Cc1ccc(CCC(NC(=O)OC(C)(C)C)C(=O)O)s1. The van der Waals surface area contributed by atoms with Crippen LogP contribution in [0.15, 0.2) is 12.1 Å². The molecule has 0 aromatic carbocycles. The van der Waals surface area contributed by atoms with E-state index in [-0.39, 0.29) is 0 Å². The van der Waals surface area contributed by atoms with Gasteiger partial charge in [-0.2, -0.15) is 0 Å². The molecule has 1 atom stereocenters. The van der Waals surface area contributed by atoms with E-state index >= 15 is 0 Å². The van der Waals surface area contributed by atoms with Gasteiger partial charge in [0.05, 0.1) is 0 Å². The van der Waals surface area contributed by atoms with Crippen LogP contribution in [-0.2, 0) is 16.0 Å². The number of aliphatic carboxylic acids is 1. The summed E-state index contributed by atoms with van der Waals surface area (Å²) < 4.78 is 5.06. The summed E-state index contributed by atoms with van der Waals surface area (Å²) in [5.74, 6) is -1.05. The maximum Gasteiger partial charge on any atom is 0.408 e. The lowest BCUT2D eigenvalue weighted by Gasteiger charge is -2.21. The Labute approximate surface area is 123 Å². The lowest BCUT2D eigenvalue weighted by molar-refractivity contribution is -0.139. The third-order valence-electron chi connectivity index (χ3n) is 2.46. The molecule has 0 bridgehead atoms. The number of hydrogen-bond acceptors (Lipinski definition) is 4. The van der Waals surface area contributed by atoms with E-state index in [0.717, 1.165) is 4.88 Å². The van der Waals surface area contributed by atoms with E-state index in [0.29, 0.717) is 12.8 Å². The van der Waals surface area contributed by atoms with Crippen LogP contribution in [-0.4, -0.2) is 28.8 Å². The zero-order chi connectivity index (χ0) is 15.3. The van der Waals surface area contributed by atoms with E-state index in [1.165, 1.54) is 4.88 Å². The van der Waals surface area contributed by atoms with Gasteiger partial charge in [-0.05, 0) is 52.7 Å². The van der Waals surface area contributed by atoms with Crippen LogP contribution in [0.5, 0.6) is 0 Å². The number of amides is 1. The average Bonchev–Trinajstić information content (AvgIpc) is 2.67. The minimum Gasteiger partial charge on any atom is -0.480 e. The Morgan fingerprint density at radius 2 is 2.05 bits per heavy atom. The van der Waals surface area contributed by atoms with Crippen molar-refractivity contribution >= 4 is 23.4 Å². The number of alkyl carbamates (subject to hydrolysis) is 1. The summed E-state index contributed by atoms with van der Waals surface area (Å²) in [5, 5.41) is 11.5. The Kier molecular flexibility index (Phi) is 5.56. The Morgan fingerprint density at radius 1 is 1.40 bits per heavy atom. The van der Waals surface area contributed by atoms with E-state index in [9.17, 15) is 9.59 Å². The average molecular weight is 299 g/mol. The molecule has 1 aromatic heterocycles. The monoisotopic (exact) mass is 299 g/mol. The smallest absolute Gasteiger partial charge is 0.408 e. The van der Waals surface area contributed by atoms with Crippen LogP contribution in [0.4, 0.5) is 4.79 Å². The molecule has 1 unspecified atom stereocenters. The van der Waals surface area contributed by atoms with Crippen LogP contribution in [0, 0.1) is 6.92 Å². The zero-order valence-electron chi connectivity index (χ0n) is 12.2. The molecule has 1 rings (SSSR count). The molecule has 0 fully saturated rings. The van der Waals surface area contributed by atoms with Crippen LogP contribution in [0.25, 0.3) is 0 Å². The highest BCUT2D eigenvalue weighted by Gasteiger charge is 2.23. The topological polar surface area (TPSA) is 75.6 Å². The highest BCUT2D eigenvalue weighted by atomic mass is 32.1. The second-order valence-electron chi connectivity index (χ2n) is 5.59. The number of thiophene rings is 1. The number of carbonyl (C=O) groups excluding carboxylic acids is 1. The number of carboxylic acids is 1. The van der Waals surface area contributed by atoms with E-state index in [2.05, 4.69) is 5.32 Å². The molecule has 5 nitrogen and oxygen atoms in total. The van der Waals surface area contributed by atoms with Crippen LogP contribution < -0.4 is 5.32 Å². The van der Waals surface area contributed by atoms with Gasteiger partial charge in [0.1, 0.15) is 11.6 Å². The van der Waals surface area contributed by atoms with Gasteiger partial charge >= 0.3 is 12.1 Å². The number of carbonyl (C=O) groups is 2. The minimum atomic E-state index is -1.05. The van der Waals surface area contributed by atoms with Crippen molar-refractivity contribution in [3.8, 4) is 0 Å². The van der Waals surface area contributed by atoms with Crippen LogP contribution in [0.2, 0.25) is 0 Å². The first-order valence-electron chi connectivity index (χ1n) is 6.45. The third kappa shape index (κ3) is 6.06. The second kappa shape index (κ2) is 6.74. The highest BCUT2D eigenvalue weighted by Crippen LogP contribution is 2.17. The van der Waals surface area contributed by atoms with E-state index in [4.69, 9.17) is 9.84 Å². The van der Waals surface area contributed by atoms with E-state index in [1.54, 1.807) is 32.1 Å². The maximum absolute atomic E-state index is 11.6. The largest absolute Gasteiger partial charge is 0.480 e. The molecule has 0 spiro atoms. The number of hydrogen-bond donors (Lipinski definition) is 2. The number of aryl methyl sites for hydroxylation is 2. The summed E-state index contributed by atoms with van der Waals surface area (Å²) in [7, 11) is 0. The van der Waals surface area contributed by atoms with Gasteiger partial charge in [-0.25, -0.2) is 9.59 Å². The standard InChI is InChI=1S/C14H21NO4S/c1-9-5-6-10(20-9)7-8-11(12(16)17)15-13(18)19-14(2,3)4/h5-6,11H,7-8H2,1-4H3,(H,15,18)(H,16,17). The van der Waals surface area contributed by atoms with Crippen LogP contribution >= 0.6 is 11.3 Å². The van der Waals surface area contributed by atoms with Gasteiger partial charge in [0.25, 0.3) is 0 Å². The van der Waals surface area contributed by atoms with Crippen molar-refractivity contribution in [2.75, 3.05) is 0 Å². The zero-order valence-corrected chi connectivity index (χ0v) is 13.0. The van der Waals surface area contributed by atoms with Gasteiger partial charge in [0.2, 0.25) is 0 Å². The number of ether oxygens (including phenoxy) is 1. The quantitative estimate of drug-likeness (QED) is 0.876. The molecular weight excluding hydrogens is 278 g/mol. The van der Waals surface area contributed by atoms with E-state index < -0.39 is 23.7 Å². The summed E-state index contributed by atoms with van der Waals surface area (Å²) >= 11 is 1.63. The highest BCUT2D eigenvalue weighted by molar-refractivity contribution is 7.11. The number of rotatable bonds is 5. The minimum absolute atomic E-state index is 0.342. The molecule has 0 saturated heterocycles. The summed E-state index contributed by atoms with van der Waals surface area (Å²) in [6.45, 7) is 7.20. The molecule has 1 heterocycles. The van der Waals surface area contributed by atoms with Gasteiger partial charge in [-0.1, -0.05) is 0 Å². The van der Waals surface area contributed by atoms with Crippen molar-refractivity contribution in [3.63, 3.8) is 0 Å². The molecule has 0 aliphatic carbocycles. The summed E-state index contributed by atoms with van der Waals surface area (Å²) in [5.41, 5.74) is -0.641. The second-order valence-corrected chi connectivity index (χ2v) is 6.96. The number of carboxylic acid groups (broad SMARTS) is 1. The molecular formula is C14H21NO4S. The van der Waals surface area contributed by atoms with Crippen molar-refractivity contribution in [1.82, 2.24) is 5.32 Å². The van der Waals surface area contributed by atoms with E-state index in [1.807, 2.05) is 19.1 Å². The first-order chi connectivity index (χ1) is 9.17. The summed E-state index contributed by atoms with van der Waals surface area (Å²) in [6.07, 6.45) is 0.257. The van der Waals surface area contributed by atoms with Crippen LogP contribution in [0.3, 0.4) is 0 Å². The van der Waals surface area contributed by atoms with Gasteiger partial charge in [-0.3, -0.25) is 0 Å².